The number of aliphatic carboxylic acids is 1. The van der Waals surface area contributed by atoms with E-state index in [1.807, 2.05) is 0 Å². The number of carbonyl (C=O) groups is 1. The van der Waals surface area contributed by atoms with Crippen LogP contribution in [0.1, 0.15) is 49.4 Å². The van der Waals surface area contributed by atoms with Crippen LogP contribution in [0.2, 0.25) is 0 Å². The molecule has 0 spiro atoms. The molecule has 1 aromatic rings. The van der Waals surface area contributed by atoms with E-state index >= 15 is 0 Å². The first-order valence-corrected chi connectivity index (χ1v) is 7.43. The topological polar surface area (TPSA) is 69.2 Å². The van der Waals surface area contributed by atoms with E-state index in [1.165, 1.54) is 0 Å². The van der Waals surface area contributed by atoms with Crippen LogP contribution in [0, 0.1) is 0 Å². The van der Waals surface area contributed by atoms with E-state index < -0.39 is 17.8 Å². The van der Waals surface area contributed by atoms with Gasteiger partial charge in [-0.2, -0.15) is 18.3 Å². The number of likely N-dealkylation sites (tertiary alicyclic amines) is 1. The fourth-order valence-electron chi connectivity index (χ4n) is 2.82. The number of halogens is 3. The van der Waals surface area contributed by atoms with E-state index in [4.69, 9.17) is 5.11 Å². The standard InChI is InChI=1S/C14H20F3N3O2/c15-14(16,17)12-8-11(18-19-12)10-4-3-7-20(9-10)6-2-1-5-13(21)22/h8,10H,1-7,9H2,(H,18,19)(H,21,22). The van der Waals surface area contributed by atoms with Gasteiger partial charge < -0.3 is 10.0 Å². The number of hydrogen-bond donors (Lipinski definition) is 2. The third kappa shape index (κ3) is 4.72. The third-order valence-electron chi connectivity index (χ3n) is 3.95. The lowest BCUT2D eigenvalue weighted by molar-refractivity contribution is -0.141. The van der Waals surface area contributed by atoms with E-state index in [0.717, 1.165) is 38.4 Å². The molecule has 2 rings (SSSR count). The Morgan fingerprint density at radius 3 is 2.86 bits per heavy atom. The van der Waals surface area contributed by atoms with Crippen molar-refractivity contribution in [3.05, 3.63) is 17.5 Å². The van der Waals surface area contributed by atoms with E-state index in [0.29, 0.717) is 18.7 Å². The van der Waals surface area contributed by atoms with Crippen molar-refractivity contribution in [2.24, 2.45) is 0 Å². The molecule has 0 aromatic carbocycles. The summed E-state index contributed by atoms with van der Waals surface area (Å²) >= 11 is 0. The lowest BCUT2D eigenvalue weighted by Gasteiger charge is -2.32. The molecule has 0 radical (unpaired) electrons. The Morgan fingerprint density at radius 1 is 1.45 bits per heavy atom. The number of piperidine rings is 1. The number of carboxylic acids is 1. The number of aromatic nitrogens is 2. The maximum absolute atomic E-state index is 12.6. The minimum atomic E-state index is -4.42. The van der Waals surface area contributed by atoms with Gasteiger partial charge in [-0.05, 0) is 44.8 Å². The molecule has 1 fully saturated rings. The van der Waals surface area contributed by atoms with Gasteiger partial charge >= 0.3 is 12.1 Å². The zero-order valence-corrected chi connectivity index (χ0v) is 12.2. The van der Waals surface area contributed by atoms with E-state index in [-0.39, 0.29) is 12.3 Å². The van der Waals surface area contributed by atoms with Gasteiger partial charge in [0.25, 0.3) is 0 Å². The maximum Gasteiger partial charge on any atom is 0.435 e. The highest BCUT2D eigenvalue weighted by molar-refractivity contribution is 5.66. The van der Waals surface area contributed by atoms with Crippen molar-refractivity contribution < 1.29 is 23.1 Å². The van der Waals surface area contributed by atoms with Crippen LogP contribution in [0.5, 0.6) is 0 Å². The molecular weight excluding hydrogens is 299 g/mol. The van der Waals surface area contributed by atoms with Crippen LogP contribution in [-0.2, 0) is 11.0 Å². The Morgan fingerprint density at radius 2 is 2.23 bits per heavy atom. The van der Waals surface area contributed by atoms with Crippen molar-refractivity contribution in [1.29, 1.82) is 0 Å². The second-order valence-electron chi connectivity index (χ2n) is 5.70. The molecule has 22 heavy (non-hydrogen) atoms. The highest BCUT2D eigenvalue weighted by atomic mass is 19.4. The average Bonchev–Trinajstić information content (AvgIpc) is 2.93. The van der Waals surface area contributed by atoms with Crippen molar-refractivity contribution in [2.45, 2.75) is 44.2 Å². The summed E-state index contributed by atoms with van der Waals surface area (Å²) in [6.07, 6.45) is -1.09. The molecule has 0 bridgehead atoms. The zero-order valence-electron chi connectivity index (χ0n) is 12.2. The minimum Gasteiger partial charge on any atom is -0.481 e. The summed E-state index contributed by atoms with van der Waals surface area (Å²) in [5, 5.41) is 14.5. The summed E-state index contributed by atoms with van der Waals surface area (Å²) in [5.74, 6) is -0.773. The lowest BCUT2D eigenvalue weighted by atomic mass is 9.94. The Labute approximate surface area is 126 Å². The van der Waals surface area contributed by atoms with Gasteiger partial charge in [0.1, 0.15) is 0 Å². The molecule has 2 heterocycles. The van der Waals surface area contributed by atoms with Gasteiger partial charge in [-0.15, -0.1) is 0 Å². The molecule has 1 atom stereocenters. The van der Waals surface area contributed by atoms with Crippen molar-refractivity contribution in [2.75, 3.05) is 19.6 Å². The predicted molar refractivity (Wildman–Crippen MR) is 73.5 cm³/mol. The summed E-state index contributed by atoms with van der Waals surface area (Å²) < 4.78 is 37.7. The normalized spacial score (nSPS) is 20.2. The third-order valence-corrected chi connectivity index (χ3v) is 3.95. The van der Waals surface area contributed by atoms with Gasteiger partial charge in [0.05, 0.1) is 0 Å². The van der Waals surface area contributed by atoms with Gasteiger partial charge in [0, 0.05) is 24.6 Å². The first kappa shape index (κ1) is 16.8. The molecule has 2 N–H and O–H groups in total. The predicted octanol–water partition coefficient (Wildman–Crippen LogP) is 2.86. The number of H-pyrrole nitrogens is 1. The Balaban J connectivity index is 1.85. The highest BCUT2D eigenvalue weighted by Crippen LogP contribution is 2.32. The fraction of sp³-hybridized carbons (Fsp3) is 0.714. The quantitative estimate of drug-likeness (QED) is 0.791. The molecule has 124 valence electrons. The number of nitrogens with zero attached hydrogens (tertiary/aromatic N) is 2. The molecule has 0 saturated carbocycles. The molecule has 1 saturated heterocycles. The minimum absolute atomic E-state index is 0.0248. The van der Waals surface area contributed by atoms with Crippen molar-refractivity contribution in [3.8, 4) is 0 Å². The number of hydrogen-bond acceptors (Lipinski definition) is 3. The van der Waals surface area contributed by atoms with Crippen LogP contribution in [-0.4, -0.2) is 45.8 Å². The van der Waals surface area contributed by atoms with Crippen molar-refractivity contribution in [1.82, 2.24) is 15.1 Å². The summed E-state index contributed by atoms with van der Waals surface area (Å²) in [4.78, 5) is 12.6. The van der Waals surface area contributed by atoms with E-state index in [9.17, 15) is 18.0 Å². The van der Waals surface area contributed by atoms with E-state index in [2.05, 4.69) is 15.1 Å². The van der Waals surface area contributed by atoms with Crippen molar-refractivity contribution >= 4 is 5.97 Å². The van der Waals surface area contributed by atoms with Crippen LogP contribution >= 0.6 is 0 Å². The largest absolute Gasteiger partial charge is 0.481 e. The molecule has 1 aliphatic rings. The Hall–Kier alpha value is -1.57. The number of alkyl halides is 3. The first-order chi connectivity index (χ1) is 10.4. The average molecular weight is 319 g/mol. The summed E-state index contributed by atoms with van der Waals surface area (Å²) in [6.45, 7) is 2.38. The smallest absolute Gasteiger partial charge is 0.435 e. The van der Waals surface area contributed by atoms with Gasteiger partial charge in [0.15, 0.2) is 5.69 Å². The molecule has 1 unspecified atom stereocenters. The molecule has 0 amide bonds. The molecule has 8 heteroatoms. The zero-order chi connectivity index (χ0) is 16.2. The molecular formula is C14H20F3N3O2. The number of nitrogens with one attached hydrogen (secondary N) is 1. The highest BCUT2D eigenvalue weighted by Gasteiger charge is 2.35. The lowest BCUT2D eigenvalue weighted by Crippen LogP contribution is -2.35. The molecule has 5 nitrogen and oxygen atoms in total. The van der Waals surface area contributed by atoms with Gasteiger partial charge in [-0.3, -0.25) is 9.89 Å². The van der Waals surface area contributed by atoms with Crippen molar-refractivity contribution in [3.63, 3.8) is 0 Å². The second-order valence-corrected chi connectivity index (χ2v) is 5.70. The number of unbranched alkanes of at least 4 members (excludes halogenated alkanes) is 1. The van der Waals surface area contributed by atoms with Crippen LogP contribution in [0.3, 0.4) is 0 Å². The van der Waals surface area contributed by atoms with Gasteiger partial charge in [0.2, 0.25) is 0 Å². The number of rotatable bonds is 6. The number of aromatic amines is 1. The number of carboxylic acid groups (broad SMARTS) is 1. The molecule has 1 aromatic heterocycles. The summed E-state index contributed by atoms with van der Waals surface area (Å²) in [7, 11) is 0. The van der Waals surface area contributed by atoms with E-state index in [1.54, 1.807) is 0 Å². The van der Waals surface area contributed by atoms with Crippen LogP contribution < -0.4 is 0 Å². The Bertz CT molecular complexity index is 502. The first-order valence-electron chi connectivity index (χ1n) is 7.43. The van der Waals surface area contributed by atoms with Gasteiger partial charge in [-0.25, -0.2) is 0 Å². The Kier molecular flexibility index (Phi) is 5.44. The summed E-state index contributed by atoms with van der Waals surface area (Å²) in [6, 6.07) is 1.10. The summed E-state index contributed by atoms with van der Waals surface area (Å²) in [5.41, 5.74) is -0.344. The van der Waals surface area contributed by atoms with Crippen LogP contribution in [0.15, 0.2) is 6.07 Å². The molecule has 0 aliphatic carbocycles. The van der Waals surface area contributed by atoms with Gasteiger partial charge in [-0.1, -0.05) is 0 Å². The van der Waals surface area contributed by atoms with Crippen LogP contribution in [0.25, 0.3) is 0 Å². The monoisotopic (exact) mass is 319 g/mol. The maximum atomic E-state index is 12.6. The second kappa shape index (κ2) is 7.13. The SMILES string of the molecule is O=C(O)CCCCN1CCCC(c2cc(C(F)(F)F)n[nH]2)C1. The molecule has 1 aliphatic heterocycles. The van der Waals surface area contributed by atoms with Crippen LogP contribution in [0.4, 0.5) is 13.2 Å². The fourth-order valence-corrected chi connectivity index (χ4v) is 2.82.